The number of thiophene rings is 1. The maximum absolute atomic E-state index is 8.62. The number of aryl methyl sites for hydroxylation is 2. The van der Waals surface area contributed by atoms with Gasteiger partial charge < -0.3 is 5.01 Å². The first-order chi connectivity index (χ1) is 9.84. The van der Waals surface area contributed by atoms with E-state index < -0.39 is 0 Å². The number of nitrogens with zero attached hydrogens (tertiary/aromatic N) is 3. The minimum atomic E-state index is 0.649. The third-order valence-electron chi connectivity index (χ3n) is 4.54. The van der Waals surface area contributed by atoms with Gasteiger partial charge in [-0.2, -0.15) is 0 Å². The predicted octanol–water partition coefficient (Wildman–Crippen LogP) is 2.58. The molecular formula is C15H20N4S. The van der Waals surface area contributed by atoms with Crippen molar-refractivity contribution >= 4 is 21.6 Å². The molecule has 20 heavy (non-hydrogen) atoms. The Bertz CT molecular complexity index is 694. The van der Waals surface area contributed by atoms with Gasteiger partial charge in [-0.25, -0.2) is 9.66 Å². The number of fused-ring (bicyclic) bond motifs is 3. The zero-order valence-corrected chi connectivity index (χ0v) is 12.5. The van der Waals surface area contributed by atoms with Gasteiger partial charge in [-0.05, 0) is 50.5 Å². The molecule has 5 heteroatoms. The van der Waals surface area contributed by atoms with Gasteiger partial charge in [0.05, 0.1) is 5.39 Å². The van der Waals surface area contributed by atoms with Crippen molar-refractivity contribution in [1.82, 2.24) is 9.66 Å². The molecule has 1 saturated heterocycles. The maximum Gasteiger partial charge on any atom is 0.156 e. The third-order valence-corrected chi connectivity index (χ3v) is 5.74. The first-order valence-corrected chi connectivity index (χ1v) is 8.48. The summed E-state index contributed by atoms with van der Waals surface area (Å²) in [6, 6.07) is 0. The molecule has 0 spiro atoms. The molecule has 0 amide bonds. The molecule has 1 fully saturated rings. The van der Waals surface area contributed by atoms with Gasteiger partial charge in [0, 0.05) is 18.0 Å². The lowest BCUT2D eigenvalue weighted by Gasteiger charge is -2.30. The van der Waals surface area contributed by atoms with Gasteiger partial charge in [0.25, 0.3) is 0 Å². The van der Waals surface area contributed by atoms with Crippen molar-refractivity contribution in [2.24, 2.45) is 0 Å². The quantitative estimate of drug-likeness (QED) is 0.876. The van der Waals surface area contributed by atoms with Gasteiger partial charge in [-0.1, -0.05) is 0 Å². The summed E-state index contributed by atoms with van der Waals surface area (Å²) >= 11 is 1.81. The van der Waals surface area contributed by atoms with Crippen LogP contribution in [0.25, 0.3) is 10.2 Å². The summed E-state index contributed by atoms with van der Waals surface area (Å²) in [5, 5.41) is 12.0. The fourth-order valence-electron chi connectivity index (χ4n) is 3.47. The highest BCUT2D eigenvalue weighted by Crippen LogP contribution is 2.33. The minimum Gasteiger partial charge on any atom is -0.310 e. The maximum atomic E-state index is 8.62. The van der Waals surface area contributed by atoms with E-state index in [1.165, 1.54) is 49.0 Å². The smallest absolute Gasteiger partial charge is 0.156 e. The van der Waals surface area contributed by atoms with Gasteiger partial charge in [0.2, 0.25) is 0 Å². The first kappa shape index (κ1) is 12.4. The highest BCUT2D eigenvalue weighted by molar-refractivity contribution is 7.18. The van der Waals surface area contributed by atoms with Gasteiger partial charge in [-0.15, -0.1) is 11.3 Å². The van der Waals surface area contributed by atoms with Gasteiger partial charge >= 0.3 is 0 Å². The summed E-state index contributed by atoms with van der Waals surface area (Å²) in [6.07, 6.45) is 10.5. The van der Waals surface area contributed by atoms with Crippen LogP contribution in [0, 0.1) is 5.41 Å². The van der Waals surface area contributed by atoms with Crippen molar-refractivity contribution in [1.29, 1.82) is 5.41 Å². The lowest BCUT2D eigenvalue weighted by molar-refractivity contribution is 0.463. The number of rotatable bonds is 1. The molecule has 3 heterocycles. The van der Waals surface area contributed by atoms with E-state index in [4.69, 9.17) is 5.41 Å². The van der Waals surface area contributed by atoms with Crippen LogP contribution in [-0.2, 0) is 12.8 Å². The summed E-state index contributed by atoms with van der Waals surface area (Å²) in [5.41, 5.74) is 2.07. The average Bonchev–Trinajstić information content (AvgIpc) is 2.88. The van der Waals surface area contributed by atoms with Crippen molar-refractivity contribution in [2.45, 2.75) is 44.9 Å². The highest BCUT2D eigenvalue weighted by atomic mass is 32.1. The summed E-state index contributed by atoms with van der Waals surface area (Å²) in [4.78, 5) is 7.18. The van der Waals surface area contributed by atoms with Gasteiger partial charge in [0.1, 0.15) is 11.2 Å². The predicted molar refractivity (Wildman–Crippen MR) is 81.9 cm³/mol. The average molecular weight is 288 g/mol. The second-order valence-corrected chi connectivity index (χ2v) is 6.93. The van der Waals surface area contributed by atoms with Crippen molar-refractivity contribution in [2.75, 3.05) is 18.1 Å². The summed E-state index contributed by atoms with van der Waals surface area (Å²) in [6.45, 7) is 2.10. The van der Waals surface area contributed by atoms with Crippen LogP contribution in [0.2, 0.25) is 0 Å². The standard InChI is InChI=1S/C15H20N4S/c16-14-13-11-6-2-3-7-12(11)20-15(13)17-10-19(14)18-8-4-1-5-9-18/h10,16H,1-9H2. The fraction of sp³-hybridized carbons (Fsp3) is 0.600. The molecule has 0 saturated carbocycles. The van der Waals surface area contributed by atoms with Crippen molar-refractivity contribution in [3.8, 4) is 0 Å². The lowest BCUT2D eigenvalue weighted by Crippen LogP contribution is -2.45. The van der Waals surface area contributed by atoms with Gasteiger partial charge in [0.15, 0.2) is 5.49 Å². The lowest BCUT2D eigenvalue weighted by atomic mass is 9.97. The topological polar surface area (TPSA) is 44.9 Å². The zero-order valence-electron chi connectivity index (χ0n) is 11.7. The Hall–Kier alpha value is -1.36. The molecule has 106 valence electrons. The molecule has 1 aliphatic heterocycles. The monoisotopic (exact) mass is 288 g/mol. The molecule has 4 nitrogen and oxygen atoms in total. The molecule has 2 aromatic heterocycles. The Morgan fingerprint density at radius 1 is 1.05 bits per heavy atom. The molecular weight excluding hydrogens is 268 g/mol. The van der Waals surface area contributed by atoms with E-state index in [0.717, 1.165) is 29.7 Å². The Morgan fingerprint density at radius 2 is 1.85 bits per heavy atom. The van der Waals surface area contributed by atoms with E-state index in [9.17, 15) is 0 Å². The molecule has 0 unspecified atom stereocenters. The van der Waals surface area contributed by atoms with Crippen LogP contribution in [-0.4, -0.2) is 22.7 Å². The second kappa shape index (κ2) is 4.88. The van der Waals surface area contributed by atoms with E-state index in [2.05, 4.69) is 9.99 Å². The summed E-state index contributed by atoms with van der Waals surface area (Å²) in [7, 11) is 0. The Kier molecular flexibility index (Phi) is 3.02. The van der Waals surface area contributed by atoms with Crippen LogP contribution in [0.15, 0.2) is 6.33 Å². The molecule has 1 aliphatic carbocycles. The third kappa shape index (κ3) is 1.87. The normalized spacial score (nSPS) is 19.3. The van der Waals surface area contributed by atoms with Crippen molar-refractivity contribution in [3.63, 3.8) is 0 Å². The van der Waals surface area contributed by atoms with E-state index >= 15 is 0 Å². The molecule has 0 radical (unpaired) electrons. The van der Waals surface area contributed by atoms with Crippen LogP contribution in [0.3, 0.4) is 0 Å². The Morgan fingerprint density at radius 3 is 2.70 bits per heavy atom. The summed E-state index contributed by atoms with van der Waals surface area (Å²) < 4.78 is 1.99. The second-order valence-electron chi connectivity index (χ2n) is 5.84. The molecule has 0 aromatic carbocycles. The van der Waals surface area contributed by atoms with Crippen molar-refractivity contribution in [3.05, 3.63) is 22.3 Å². The minimum absolute atomic E-state index is 0.649. The highest BCUT2D eigenvalue weighted by Gasteiger charge is 2.20. The van der Waals surface area contributed by atoms with Crippen LogP contribution in [0.4, 0.5) is 0 Å². The SMILES string of the molecule is N=c1c2c3c(sc2ncn1N1CCCCC1)CCCC3. The largest absolute Gasteiger partial charge is 0.310 e. The molecule has 4 rings (SSSR count). The molecule has 2 aliphatic rings. The van der Waals surface area contributed by atoms with Crippen LogP contribution < -0.4 is 10.5 Å². The Labute approximate surface area is 122 Å². The van der Waals surface area contributed by atoms with E-state index in [1.54, 1.807) is 11.3 Å². The molecule has 2 aromatic rings. The Balaban J connectivity index is 1.87. The van der Waals surface area contributed by atoms with E-state index in [1.807, 2.05) is 11.0 Å². The number of aromatic nitrogens is 2. The fourth-order valence-corrected chi connectivity index (χ4v) is 4.70. The van der Waals surface area contributed by atoms with E-state index in [0.29, 0.717) is 5.49 Å². The van der Waals surface area contributed by atoms with E-state index in [-0.39, 0.29) is 0 Å². The molecule has 1 N–H and O–H groups in total. The summed E-state index contributed by atoms with van der Waals surface area (Å²) in [5.74, 6) is 0. The van der Waals surface area contributed by atoms with Crippen LogP contribution in [0.1, 0.15) is 42.5 Å². The molecule has 0 atom stereocenters. The number of hydrogen-bond acceptors (Lipinski definition) is 4. The van der Waals surface area contributed by atoms with Gasteiger partial charge in [-0.3, -0.25) is 5.41 Å². The number of hydrogen-bond donors (Lipinski definition) is 1. The number of nitrogens with one attached hydrogen (secondary N) is 1. The molecule has 0 bridgehead atoms. The van der Waals surface area contributed by atoms with Crippen LogP contribution in [0.5, 0.6) is 0 Å². The first-order valence-electron chi connectivity index (χ1n) is 7.66. The van der Waals surface area contributed by atoms with Crippen LogP contribution >= 0.6 is 11.3 Å². The zero-order chi connectivity index (χ0) is 13.5. The van der Waals surface area contributed by atoms with Crippen molar-refractivity contribution < 1.29 is 0 Å². The number of piperidine rings is 1.